The number of fused-ring (bicyclic) bond motifs is 1. The van der Waals surface area contributed by atoms with Crippen LogP contribution in [-0.2, 0) is 6.42 Å². The highest BCUT2D eigenvalue weighted by atomic mass is 35.5. The lowest BCUT2D eigenvalue weighted by Crippen LogP contribution is -1.97. The molecule has 0 N–H and O–H groups in total. The molecule has 17 heavy (non-hydrogen) atoms. The van der Waals surface area contributed by atoms with Crippen molar-refractivity contribution in [2.45, 2.75) is 13.3 Å². The number of aryl methyl sites for hydroxylation is 1. The Morgan fingerprint density at radius 2 is 1.94 bits per heavy atom. The first-order chi connectivity index (χ1) is 8.21. The van der Waals surface area contributed by atoms with E-state index in [9.17, 15) is 0 Å². The summed E-state index contributed by atoms with van der Waals surface area (Å²) in [5.74, 6) is 1.39. The van der Waals surface area contributed by atoms with Crippen molar-refractivity contribution in [2.75, 3.05) is 14.2 Å². The van der Waals surface area contributed by atoms with E-state index >= 15 is 0 Å². The van der Waals surface area contributed by atoms with Crippen LogP contribution in [0.4, 0.5) is 0 Å². The predicted octanol–water partition coefficient (Wildman–Crippen LogP) is 2.86. The van der Waals surface area contributed by atoms with Crippen LogP contribution in [0, 0.1) is 0 Å². The summed E-state index contributed by atoms with van der Waals surface area (Å²) in [5.41, 5.74) is 0.865. The van der Waals surface area contributed by atoms with Crippen LogP contribution in [0.3, 0.4) is 0 Å². The van der Waals surface area contributed by atoms with Gasteiger partial charge in [0.05, 0.1) is 25.3 Å². The van der Waals surface area contributed by atoms with Gasteiger partial charge in [0, 0.05) is 11.5 Å². The number of ether oxygens (including phenoxy) is 2. The summed E-state index contributed by atoms with van der Waals surface area (Å²) in [6.45, 7) is 2.01. The van der Waals surface area contributed by atoms with Crippen molar-refractivity contribution in [3.63, 3.8) is 0 Å². The number of nitrogens with zero attached hydrogens (tertiary/aromatic N) is 2. The molecule has 4 nitrogen and oxygen atoms in total. The zero-order valence-corrected chi connectivity index (χ0v) is 10.7. The van der Waals surface area contributed by atoms with Gasteiger partial charge in [-0.15, -0.1) is 5.10 Å². The van der Waals surface area contributed by atoms with Gasteiger partial charge in [0.25, 0.3) is 0 Å². The molecule has 90 valence electrons. The fourth-order valence-corrected chi connectivity index (χ4v) is 1.97. The number of aromatic nitrogens is 2. The number of halogens is 1. The minimum absolute atomic E-state index is 0.356. The summed E-state index contributed by atoms with van der Waals surface area (Å²) in [7, 11) is 3.21. The molecule has 0 aliphatic carbocycles. The lowest BCUT2D eigenvalue weighted by molar-refractivity contribution is 0.397. The molecule has 0 unspecified atom stereocenters. The standard InChI is InChI=1S/C12H13ClN2O2/c1-4-9-11-8(12(13)15-14-9)5-7(16-2)6-10(11)17-3/h5-6H,4H2,1-3H3. The first-order valence-electron chi connectivity index (χ1n) is 5.28. The summed E-state index contributed by atoms with van der Waals surface area (Å²) in [5, 5.41) is 10.1. The van der Waals surface area contributed by atoms with E-state index < -0.39 is 0 Å². The second-order valence-corrected chi connectivity index (χ2v) is 3.90. The van der Waals surface area contributed by atoms with Crippen LogP contribution in [0.25, 0.3) is 10.8 Å². The highest BCUT2D eigenvalue weighted by Crippen LogP contribution is 2.35. The predicted molar refractivity (Wildman–Crippen MR) is 67.0 cm³/mol. The van der Waals surface area contributed by atoms with Gasteiger partial charge in [-0.05, 0) is 12.5 Å². The van der Waals surface area contributed by atoms with Crippen LogP contribution >= 0.6 is 11.6 Å². The lowest BCUT2D eigenvalue weighted by Gasteiger charge is -2.11. The second-order valence-electron chi connectivity index (χ2n) is 3.54. The largest absolute Gasteiger partial charge is 0.497 e. The molecule has 0 aliphatic heterocycles. The highest BCUT2D eigenvalue weighted by molar-refractivity contribution is 6.34. The van der Waals surface area contributed by atoms with Gasteiger partial charge in [-0.1, -0.05) is 18.5 Å². The fourth-order valence-electron chi connectivity index (χ4n) is 1.79. The zero-order chi connectivity index (χ0) is 12.4. The van der Waals surface area contributed by atoms with Crippen molar-refractivity contribution in [3.8, 4) is 11.5 Å². The molecule has 0 bridgehead atoms. The molecule has 2 rings (SSSR count). The molecular formula is C12H13ClN2O2. The van der Waals surface area contributed by atoms with Crippen LogP contribution in [0.1, 0.15) is 12.6 Å². The SMILES string of the molecule is CCc1nnc(Cl)c2cc(OC)cc(OC)c12. The molecule has 0 amide bonds. The first kappa shape index (κ1) is 11.9. The van der Waals surface area contributed by atoms with Gasteiger partial charge < -0.3 is 9.47 Å². The van der Waals surface area contributed by atoms with E-state index in [4.69, 9.17) is 21.1 Å². The molecule has 1 heterocycles. The topological polar surface area (TPSA) is 44.2 Å². The smallest absolute Gasteiger partial charge is 0.159 e. The van der Waals surface area contributed by atoms with Crippen molar-refractivity contribution in [1.82, 2.24) is 10.2 Å². The van der Waals surface area contributed by atoms with Gasteiger partial charge in [0.1, 0.15) is 11.5 Å². The van der Waals surface area contributed by atoms with E-state index in [-0.39, 0.29) is 0 Å². The third-order valence-corrected chi connectivity index (χ3v) is 2.91. The molecule has 0 spiro atoms. The van der Waals surface area contributed by atoms with Crippen molar-refractivity contribution in [3.05, 3.63) is 23.0 Å². The van der Waals surface area contributed by atoms with Crippen LogP contribution in [-0.4, -0.2) is 24.4 Å². The van der Waals surface area contributed by atoms with Crippen LogP contribution in [0.15, 0.2) is 12.1 Å². The number of rotatable bonds is 3. The summed E-state index contributed by atoms with van der Waals surface area (Å²) in [4.78, 5) is 0. The average Bonchev–Trinajstić information content (AvgIpc) is 2.38. The molecule has 5 heteroatoms. The summed E-state index contributed by atoms with van der Waals surface area (Å²) in [6, 6.07) is 3.66. The normalized spacial score (nSPS) is 10.6. The van der Waals surface area contributed by atoms with E-state index in [1.54, 1.807) is 14.2 Å². The molecule has 1 aromatic heterocycles. The molecule has 0 saturated heterocycles. The Hall–Kier alpha value is -1.55. The third-order valence-electron chi connectivity index (χ3n) is 2.64. The number of benzene rings is 1. The van der Waals surface area contributed by atoms with E-state index in [1.807, 2.05) is 19.1 Å². The molecule has 0 fully saturated rings. The monoisotopic (exact) mass is 252 g/mol. The van der Waals surface area contributed by atoms with E-state index in [2.05, 4.69) is 10.2 Å². The minimum atomic E-state index is 0.356. The van der Waals surface area contributed by atoms with Gasteiger partial charge in [-0.25, -0.2) is 0 Å². The zero-order valence-electron chi connectivity index (χ0n) is 9.95. The van der Waals surface area contributed by atoms with Crippen LogP contribution in [0.5, 0.6) is 11.5 Å². The number of methoxy groups -OCH3 is 2. The maximum absolute atomic E-state index is 6.06. The Kier molecular flexibility index (Phi) is 3.33. The first-order valence-corrected chi connectivity index (χ1v) is 5.65. The Bertz CT molecular complexity index is 558. The quantitative estimate of drug-likeness (QED) is 0.843. The number of hydrogen-bond donors (Lipinski definition) is 0. The fraction of sp³-hybridized carbons (Fsp3) is 0.333. The van der Waals surface area contributed by atoms with E-state index in [1.165, 1.54) is 0 Å². The van der Waals surface area contributed by atoms with Crippen LogP contribution in [0.2, 0.25) is 5.15 Å². The van der Waals surface area contributed by atoms with Gasteiger partial charge in [-0.2, -0.15) is 5.10 Å². The minimum Gasteiger partial charge on any atom is -0.497 e. The van der Waals surface area contributed by atoms with Gasteiger partial charge in [0.2, 0.25) is 0 Å². The highest BCUT2D eigenvalue weighted by Gasteiger charge is 2.13. The molecular weight excluding hydrogens is 240 g/mol. The Morgan fingerprint density at radius 1 is 1.18 bits per heavy atom. The van der Waals surface area contributed by atoms with Crippen LogP contribution < -0.4 is 9.47 Å². The average molecular weight is 253 g/mol. The van der Waals surface area contributed by atoms with E-state index in [0.717, 1.165) is 22.9 Å². The Morgan fingerprint density at radius 3 is 2.53 bits per heavy atom. The molecule has 2 aromatic rings. The molecule has 0 aliphatic rings. The van der Waals surface area contributed by atoms with Gasteiger partial charge >= 0.3 is 0 Å². The maximum Gasteiger partial charge on any atom is 0.159 e. The summed E-state index contributed by atoms with van der Waals surface area (Å²) in [6.07, 6.45) is 0.767. The van der Waals surface area contributed by atoms with Gasteiger partial charge in [-0.3, -0.25) is 0 Å². The molecule has 1 aromatic carbocycles. The maximum atomic E-state index is 6.06. The molecule has 0 saturated carbocycles. The number of hydrogen-bond acceptors (Lipinski definition) is 4. The molecule has 0 radical (unpaired) electrons. The third kappa shape index (κ3) is 2.00. The van der Waals surface area contributed by atoms with Crippen molar-refractivity contribution >= 4 is 22.4 Å². The molecule has 0 atom stereocenters. The summed E-state index contributed by atoms with van der Waals surface area (Å²) >= 11 is 6.06. The lowest BCUT2D eigenvalue weighted by atomic mass is 10.1. The van der Waals surface area contributed by atoms with Crippen molar-refractivity contribution < 1.29 is 9.47 Å². The van der Waals surface area contributed by atoms with Crippen molar-refractivity contribution in [2.24, 2.45) is 0 Å². The van der Waals surface area contributed by atoms with Crippen molar-refractivity contribution in [1.29, 1.82) is 0 Å². The second kappa shape index (κ2) is 4.75. The van der Waals surface area contributed by atoms with E-state index in [0.29, 0.717) is 16.7 Å². The Labute approximate surface area is 105 Å². The summed E-state index contributed by atoms with van der Waals surface area (Å²) < 4.78 is 10.6. The Balaban J connectivity index is 2.86. The van der Waals surface area contributed by atoms with Gasteiger partial charge in [0.15, 0.2) is 5.15 Å².